The Morgan fingerprint density at radius 3 is 2.14 bits per heavy atom. The van der Waals surface area contributed by atoms with E-state index < -0.39 is 29.8 Å². The number of piperazine rings is 2. The quantitative estimate of drug-likeness (QED) is 0.435. The van der Waals surface area contributed by atoms with Crippen molar-refractivity contribution in [2.24, 2.45) is 0 Å². The summed E-state index contributed by atoms with van der Waals surface area (Å²) in [6.07, 6.45) is 3.06. The van der Waals surface area contributed by atoms with Crippen molar-refractivity contribution in [2.75, 3.05) is 64.9 Å². The van der Waals surface area contributed by atoms with E-state index in [-0.39, 0.29) is 44.8 Å². The number of hydrogen-bond acceptors (Lipinski definition) is 9. The molecule has 0 radical (unpaired) electrons. The Balaban J connectivity index is 1.54. The highest BCUT2D eigenvalue weighted by Gasteiger charge is 2.39. The maximum atomic E-state index is 13.0. The minimum absolute atomic E-state index is 0.00952. The second-order valence-corrected chi connectivity index (χ2v) is 8.29. The summed E-state index contributed by atoms with van der Waals surface area (Å²) in [6.45, 7) is 2.46. The smallest absolute Gasteiger partial charge is 0.325 e. The third-order valence-corrected chi connectivity index (χ3v) is 6.25. The molecule has 3 heterocycles. The van der Waals surface area contributed by atoms with Gasteiger partial charge in [0, 0.05) is 70.2 Å². The molecule has 0 spiro atoms. The monoisotopic (exact) mass is 489 g/mol. The normalized spacial score (nSPS) is 18.3. The van der Waals surface area contributed by atoms with Crippen LogP contribution in [0.5, 0.6) is 0 Å². The maximum Gasteiger partial charge on any atom is 0.325 e. The van der Waals surface area contributed by atoms with E-state index in [1.807, 2.05) is 12.1 Å². The molecule has 3 rings (SSSR count). The van der Waals surface area contributed by atoms with E-state index in [0.717, 1.165) is 5.69 Å². The number of aromatic nitrogens is 1. The SMILES string of the molecule is COC(=O)C[C@H]1C(=O)N(CC(=O)OC)CCN1C(=O)CCC(=O)N1CCN(c2ccncc2)CC1. The molecule has 2 saturated heterocycles. The Morgan fingerprint density at radius 2 is 1.51 bits per heavy atom. The van der Waals surface area contributed by atoms with Crippen molar-refractivity contribution < 1.29 is 33.4 Å². The zero-order valence-electron chi connectivity index (χ0n) is 20.1. The molecule has 3 amide bonds. The van der Waals surface area contributed by atoms with E-state index in [1.165, 1.54) is 24.0 Å². The topological polar surface area (TPSA) is 130 Å². The van der Waals surface area contributed by atoms with Crippen LogP contribution in [0.3, 0.4) is 0 Å². The van der Waals surface area contributed by atoms with Crippen molar-refractivity contribution in [2.45, 2.75) is 25.3 Å². The number of hydrogen-bond donors (Lipinski definition) is 0. The van der Waals surface area contributed by atoms with Gasteiger partial charge in [0.15, 0.2) is 0 Å². The number of nitrogens with zero attached hydrogens (tertiary/aromatic N) is 5. The average Bonchev–Trinajstić information content (AvgIpc) is 2.89. The van der Waals surface area contributed by atoms with Gasteiger partial charge < -0.3 is 29.1 Å². The lowest BCUT2D eigenvalue weighted by Gasteiger charge is -2.40. The van der Waals surface area contributed by atoms with E-state index in [0.29, 0.717) is 26.2 Å². The number of amides is 3. The van der Waals surface area contributed by atoms with Crippen molar-refractivity contribution in [1.82, 2.24) is 19.7 Å². The third kappa shape index (κ3) is 6.67. The largest absolute Gasteiger partial charge is 0.469 e. The van der Waals surface area contributed by atoms with Gasteiger partial charge in [0.2, 0.25) is 17.7 Å². The predicted molar refractivity (Wildman–Crippen MR) is 123 cm³/mol. The van der Waals surface area contributed by atoms with Gasteiger partial charge in [-0.25, -0.2) is 0 Å². The van der Waals surface area contributed by atoms with E-state index in [4.69, 9.17) is 0 Å². The zero-order valence-corrected chi connectivity index (χ0v) is 20.1. The predicted octanol–water partition coefficient (Wildman–Crippen LogP) is -0.714. The highest BCUT2D eigenvalue weighted by atomic mass is 16.5. The molecule has 2 fully saturated rings. The third-order valence-electron chi connectivity index (χ3n) is 6.25. The lowest BCUT2D eigenvalue weighted by molar-refractivity contribution is -0.159. The molecule has 35 heavy (non-hydrogen) atoms. The Morgan fingerprint density at radius 1 is 0.886 bits per heavy atom. The minimum atomic E-state index is -1.09. The number of carbonyl (C=O) groups excluding carboxylic acids is 5. The first-order chi connectivity index (χ1) is 16.8. The molecule has 0 unspecified atom stereocenters. The van der Waals surface area contributed by atoms with Crippen LogP contribution in [0.1, 0.15) is 19.3 Å². The van der Waals surface area contributed by atoms with Crippen LogP contribution in [-0.4, -0.2) is 115 Å². The Kier molecular flexibility index (Phi) is 8.98. The Hall–Kier alpha value is -3.70. The van der Waals surface area contributed by atoms with Gasteiger partial charge in [-0.1, -0.05) is 0 Å². The second kappa shape index (κ2) is 12.1. The molecule has 0 aliphatic carbocycles. The Bertz CT molecular complexity index is 933. The molecule has 0 N–H and O–H groups in total. The molecule has 12 nitrogen and oxygen atoms in total. The molecule has 2 aliphatic rings. The molecule has 1 aromatic rings. The number of pyridine rings is 1. The maximum absolute atomic E-state index is 13.0. The standard InChI is InChI=1S/C23H31N5O7/c1-34-21(31)15-18-23(33)27(16-22(32)35-2)13-14-28(18)20(30)4-3-19(29)26-11-9-25(10-12-26)17-5-7-24-8-6-17/h5-8,18H,3-4,9-16H2,1-2H3/t18-/m0/s1. The highest BCUT2D eigenvalue weighted by Crippen LogP contribution is 2.19. The fourth-order valence-corrected chi connectivity index (χ4v) is 4.24. The minimum Gasteiger partial charge on any atom is -0.469 e. The van der Waals surface area contributed by atoms with Crippen LogP contribution in [0.2, 0.25) is 0 Å². The zero-order chi connectivity index (χ0) is 25.4. The molecule has 12 heteroatoms. The first-order valence-electron chi connectivity index (χ1n) is 11.5. The molecule has 190 valence electrons. The lowest BCUT2D eigenvalue weighted by atomic mass is 10.1. The fraction of sp³-hybridized carbons (Fsp3) is 0.565. The van der Waals surface area contributed by atoms with Gasteiger partial charge in [-0.3, -0.25) is 29.0 Å². The van der Waals surface area contributed by atoms with Gasteiger partial charge in [0.25, 0.3) is 0 Å². The molecule has 0 aromatic carbocycles. The number of anilines is 1. The van der Waals surface area contributed by atoms with Crippen molar-refractivity contribution in [1.29, 1.82) is 0 Å². The van der Waals surface area contributed by atoms with Crippen molar-refractivity contribution in [3.63, 3.8) is 0 Å². The summed E-state index contributed by atoms with van der Waals surface area (Å²) in [7, 11) is 2.41. The number of methoxy groups -OCH3 is 2. The van der Waals surface area contributed by atoms with Crippen LogP contribution in [0, 0.1) is 0 Å². The van der Waals surface area contributed by atoms with Gasteiger partial charge in [0.05, 0.1) is 20.6 Å². The van der Waals surface area contributed by atoms with Gasteiger partial charge in [0.1, 0.15) is 12.6 Å². The molecule has 0 bridgehead atoms. The fourth-order valence-electron chi connectivity index (χ4n) is 4.24. The van der Waals surface area contributed by atoms with Gasteiger partial charge in [-0.2, -0.15) is 0 Å². The summed E-state index contributed by atoms with van der Waals surface area (Å²) >= 11 is 0. The van der Waals surface area contributed by atoms with Crippen molar-refractivity contribution in [3.05, 3.63) is 24.5 Å². The molecular formula is C23H31N5O7. The van der Waals surface area contributed by atoms with E-state index in [1.54, 1.807) is 17.3 Å². The molecular weight excluding hydrogens is 458 g/mol. The van der Waals surface area contributed by atoms with E-state index >= 15 is 0 Å². The van der Waals surface area contributed by atoms with Crippen molar-refractivity contribution >= 4 is 35.3 Å². The summed E-state index contributed by atoms with van der Waals surface area (Å²) in [5.41, 5.74) is 1.05. The van der Waals surface area contributed by atoms with Gasteiger partial charge >= 0.3 is 11.9 Å². The summed E-state index contributed by atoms with van der Waals surface area (Å²) in [5.74, 6) is -2.30. The number of ether oxygens (including phenoxy) is 2. The van der Waals surface area contributed by atoms with E-state index in [9.17, 15) is 24.0 Å². The van der Waals surface area contributed by atoms with Crippen LogP contribution < -0.4 is 4.90 Å². The van der Waals surface area contributed by atoms with Crippen LogP contribution in [0.4, 0.5) is 5.69 Å². The first kappa shape index (κ1) is 25.9. The highest BCUT2D eigenvalue weighted by molar-refractivity contribution is 5.94. The molecule has 1 atom stereocenters. The lowest BCUT2D eigenvalue weighted by Crippen LogP contribution is -2.60. The van der Waals surface area contributed by atoms with Crippen molar-refractivity contribution in [3.8, 4) is 0 Å². The molecule has 1 aromatic heterocycles. The van der Waals surface area contributed by atoms with Gasteiger partial charge in [-0.05, 0) is 12.1 Å². The summed E-state index contributed by atoms with van der Waals surface area (Å²) in [6, 6.07) is 2.76. The number of esters is 2. The molecule has 2 aliphatic heterocycles. The first-order valence-corrected chi connectivity index (χ1v) is 11.5. The summed E-state index contributed by atoms with van der Waals surface area (Å²) in [5, 5.41) is 0. The van der Waals surface area contributed by atoms with E-state index in [2.05, 4.69) is 19.4 Å². The van der Waals surface area contributed by atoms with Crippen LogP contribution >= 0.6 is 0 Å². The van der Waals surface area contributed by atoms with Crippen LogP contribution in [-0.2, 0) is 33.4 Å². The number of carbonyl (C=O) groups is 5. The summed E-state index contributed by atoms with van der Waals surface area (Å²) < 4.78 is 9.29. The Labute approximate surface area is 203 Å². The molecule has 0 saturated carbocycles. The average molecular weight is 490 g/mol. The summed E-state index contributed by atoms with van der Waals surface area (Å²) in [4.78, 5) is 72.6. The second-order valence-electron chi connectivity index (χ2n) is 8.29. The van der Waals surface area contributed by atoms with Crippen LogP contribution in [0.25, 0.3) is 0 Å². The van der Waals surface area contributed by atoms with Crippen LogP contribution in [0.15, 0.2) is 24.5 Å². The van der Waals surface area contributed by atoms with Gasteiger partial charge in [-0.15, -0.1) is 0 Å². The number of rotatable bonds is 8.